The van der Waals surface area contributed by atoms with Gasteiger partial charge in [-0.1, -0.05) is 0 Å². The summed E-state index contributed by atoms with van der Waals surface area (Å²) in [4.78, 5) is 23.7. The van der Waals surface area contributed by atoms with Crippen LogP contribution in [0.4, 0.5) is 0 Å². The number of carbonyl (C=O) groups excluding carboxylic acids is 1. The fourth-order valence-corrected chi connectivity index (χ4v) is 2.72. The van der Waals surface area contributed by atoms with E-state index in [4.69, 9.17) is 0 Å². The van der Waals surface area contributed by atoms with Gasteiger partial charge in [-0.2, -0.15) is 0 Å². The lowest BCUT2D eigenvalue weighted by Gasteiger charge is -2.19. The highest BCUT2D eigenvalue weighted by Gasteiger charge is 2.09. The van der Waals surface area contributed by atoms with E-state index < -0.39 is 0 Å². The Morgan fingerprint density at radius 2 is 2.05 bits per heavy atom. The van der Waals surface area contributed by atoms with Crippen LogP contribution >= 0.6 is 11.3 Å². The minimum absolute atomic E-state index is 0.173. The summed E-state index contributed by atoms with van der Waals surface area (Å²) in [6.07, 6.45) is 2.34. The first-order valence-corrected chi connectivity index (χ1v) is 8.63. The molecule has 0 fully saturated rings. The molecule has 1 heterocycles. The molecule has 0 aliphatic rings. The minimum Gasteiger partial charge on any atom is -0.357 e. The first kappa shape index (κ1) is 18.4. The van der Waals surface area contributed by atoms with Crippen LogP contribution in [-0.2, 0) is 11.3 Å². The molecule has 0 aromatic carbocycles. The van der Waals surface area contributed by atoms with E-state index in [1.165, 1.54) is 0 Å². The molecule has 0 aliphatic heterocycles. The fourth-order valence-electron chi connectivity index (χ4n) is 2.00. The number of rotatable bonds is 8. The average molecular weight is 325 g/mol. The monoisotopic (exact) mass is 325 g/mol. The fraction of sp³-hybridized carbons (Fsp3) is 0.667. The van der Waals surface area contributed by atoms with Crippen LogP contribution in [0.5, 0.6) is 0 Å². The van der Waals surface area contributed by atoms with E-state index in [0.717, 1.165) is 35.5 Å². The van der Waals surface area contributed by atoms with Crippen molar-refractivity contribution in [2.45, 2.75) is 40.7 Å². The number of amides is 1. The first-order chi connectivity index (χ1) is 10.6. The molecule has 0 atom stereocenters. The lowest BCUT2D eigenvalue weighted by Crippen LogP contribution is -2.40. The SMILES string of the molecule is CCNC(=NCc1cnc(C)s1)NCCC(=O)N(CC)CC. The zero-order valence-electron chi connectivity index (χ0n) is 14.0. The maximum atomic E-state index is 11.9. The molecule has 0 saturated heterocycles. The minimum atomic E-state index is 0.173. The maximum absolute atomic E-state index is 11.9. The van der Waals surface area contributed by atoms with E-state index in [1.54, 1.807) is 11.3 Å². The Hall–Kier alpha value is -1.63. The van der Waals surface area contributed by atoms with E-state index >= 15 is 0 Å². The number of aryl methyl sites for hydroxylation is 1. The van der Waals surface area contributed by atoms with Crippen molar-refractivity contribution in [1.82, 2.24) is 20.5 Å². The number of nitrogens with one attached hydrogen (secondary N) is 2. The third-order valence-electron chi connectivity index (χ3n) is 3.15. The Morgan fingerprint density at radius 3 is 2.59 bits per heavy atom. The molecule has 0 aliphatic carbocycles. The zero-order chi connectivity index (χ0) is 16.4. The van der Waals surface area contributed by atoms with Crippen molar-refractivity contribution < 1.29 is 4.79 Å². The van der Waals surface area contributed by atoms with Crippen LogP contribution in [0.15, 0.2) is 11.2 Å². The summed E-state index contributed by atoms with van der Waals surface area (Å²) in [6.45, 7) is 11.5. The molecule has 7 heteroatoms. The van der Waals surface area contributed by atoms with Gasteiger partial charge in [-0.3, -0.25) is 4.79 Å². The molecule has 0 bridgehead atoms. The highest BCUT2D eigenvalue weighted by atomic mass is 32.1. The highest BCUT2D eigenvalue weighted by Crippen LogP contribution is 2.12. The Kier molecular flexibility index (Phi) is 8.50. The standard InChI is InChI=1S/C15H27N5OS/c1-5-16-15(19-11-13-10-18-12(4)22-13)17-9-8-14(21)20(6-2)7-3/h10H,5-9,11H2,1-4H3,(H2,16,17,19). The first-order valence-electron chi connectivity index (χ1n) is 7.81. The van der Waals surface area contributed by atoms with Crippen LogP contribution in [0, 0.1) is 6.92 Å². The largest absolute Gasteiger partial charge is 0.357 e. The third-order valence-corrected chi connectivity index (χ3v) is 4.05. The van der Waals surface area contributed by atoms with E-state index in [-0.39, 0.29) is 5.91 Å². The topological polar surface area (TPSA) is 69.6 Å². The smallest absolute Gasteiger partial charge is 0.224 e. The Balaban J connectivity index is 2.45. The van der Waals surface area contributed by atoms with Crippen LogP contribution in [0.25, 0.3) is 0 Å². The Bertz CT molecular complexity index is 482. The third kappa shape index (κ3) is 6.43. The van der Waals surface area contributed by atoms with Crippen LogP contribution in [0.2, 0.25) is 0 Å². The molecule has 124 valence electrons. The van der Waals surface area contributed by atoms with Gasteiger partial charge in [-0.15, -0.1) is 11.3 Å². The summed E-state index contributed by atoms with van der Waals surface area (Å²) in [6, 6.07) is 0. The second-order valence-electron chi connectivity index (χ2n) is 4.78. The number of guanidine groups is 1. The molecule has 6 nitrogen and oxygen atoms in total. The van der Waals surface area contributed by atoms with Gasteiger partial charge < -0.3 is 15.5 Å². The van der Waals surface area contributed by atoms with Gasteiger partial charge in [0.25, 0.3) is 0 Å². The van der Waals surface area contributed by atoms with Gasteiger partial charge in [-0.25, -0.2) is 9.98 Å². The molecule has 1 amide bonds. The molecular weight excluding hydrogens is 298 g/mol. The molecule has 0 saturated carbocycles. The molecule has 1 aromatic rings. The van der Waals surface area contributed by atoms with Gasteiger partial charge in [-0.05, 0) is 27.7 Å². The molecule has 1 aromatic heterocycles. The van der Waals surface area contributed by atoms with Crippen molar-refractivity contribution in [3.8, 4) is 0 Å². The molecule has 22 heavy (non-hydrogen) atoms. The van der Waals surface area contributed by atoms with Crippen LogP contribution in [0.3, 0.4) is 0 Å². The van der Waals surface area contributed by atoms with Crippen LogP contribution in [-0.4, -0.2) is 47.9 Å². The summed E-state index contributed by atoms with van der Waals surface area (Å²) in [5.74, 6) is 0.910. The summed E-state index contributed by atoms with van der Waals surface area (Å²) >= 11 is 1.65. The quantitative estimate of drug-likeness (QED) is 0.564. The molecule has 1 rings (SSSR count). The number of hydrogen-bond acceptors (Lipinski definition) is 4. The van der Waals surface area contributed by atoms with Gasteiger partial charge in [0.1, 0.15) is 0 Å². The summed E-state index contributed by atoms with van der Waals surface area (Å²) < 4.78 is 0. The van der Waals surface area contributed by atoms with E-state index in [0.29, 0.717) is 19.5 Å². The van der Waals surface area contributed by atoms with Crippen molar-refractivity contribution in [3.05, 3.63) is 16.1 Å². The second-order valence-corrected chi connectivity index (χ2v) is 6.10. The average Bonchev–Trinajstić information content (AvgIpc) is 2.91. The lowest BCUT2D eigenvalue weighted by molar-refractivity contribution is -0.130. The molecule has 2 N–H and O–H groups in total. The highest BCUT2D eigenvalue weighted by molar-refractivity contribution is 7.11. The van der Waals surface area contributed by atoms with Crippen molar-refractivity contribution in [2.75, 3.05) is 26.2 Å². The van der Waals surface area contributed by atoms with Gasteiger partial charge in [0.15, 0.2) is 5.96 Å². The molecule has 0 spiro atoms. The normalized spacial score (nSPS) is 11.4. The van der Waals surface area contributed by atoms with Crippen molar-refractivity contribution in [3.63, 3.8) is 0 Å². The van der Waals surface area contributed by atoms with Crippen LogP contribution < -0.4 is 10.6 Å². The Morgan fingerprint density at radius 1 is 1.32 bits per heavy atom. The van der Waals surface area contributed by atoms with Gasteiger partial charge in [0.05, 0.1) is 11.6 Å². The number of hydrogen-bond donors (Lipinski definition) is 2. The number of thiazole rings is 1. The predicted molar refractivity (Wildman–Crippen MR) is 92.2 cm³/mol. The molecule has 0 radical (unpaired) electrons. The zero-order valence-corrected chi connectivity index (χ0v) is 14.8. The summed E-state index contributed by atoms with van der Waals surface area (Å²) in [7, 11) is 0. The number of nitrogens with zero attached hydrogens (tertiary/aromatic N) is 3. The maximum Gasteiger partial charge on any atom is 0.224 e. The summed E-state index contributed by atoms with van der Waals surface area (Å²) in [5.41, 5.74) is 0. The van der Waals surface area contributed by atoms with Crippen molar-refractivity contribution in [2.24, 2.45) is 4.99 Å². The predicted octanol–water partition coefficient (Wildman–Crippen LogP) is 1.77. The number of carbonyl (C=O) groups is 1. The van der Waals surface area contributed by atoms with Gasteiger partial charge in [0, 0.05) is 43.7 Å². The molecular formula is C15H27N5OS. The van der Waals surface area contributed by atoms with E-state index in [9.17, 15) is 4.79 Å². The van der Waals surface area contributed by atoms with Crippen molar-refractivity contribution in [1.29, 1.82) is 0 Å². The van der Waals surface area contributed by atoms with Gasteiger partial charge in [0.2, 0.25) is 5.91 Å². The summed E-state index contributed by atoms with van der Waals surface area (Å²) in [5, 5.41) is 7.45. The van der Waals surface area contributed by atoms with Gasteiger partial charge >= 0.3 is 0 Å². The number of aliphatic imine (C=N–C) groups is 1. The Labute approximate surface area is 137 Å². The molecule has 0 unspecified atom stereocenters. The lowest BCUT2D eigenvalue weighted by atomic mass is 10.3. The van der Waals surface area contributed by atoms with Crippen LogP contribution in [0.1, 0.15) is 37.1 Å². The second kappa shape index (κ2) is 10.2. The van der Waals surface area contributed by atoms with Crippen molar-refractivity contribution >= 4 is 23.2 Å². The van der Waals surface area contributed by atoms with E-state index in [1.807, 2.05) is 38.8 Å². The number of aromatic nitrogens is 1. The van der Waals surface area contributed by atoms with E-state index in [2.05, 4.69) is 20.6 Å².